The van der Waals surface area contributed by atoms with E-state index in [0.29, 0.717) is 26.1 Å². The maximum atomic E-state index is 12.3. The third-order valence-electron chi connectivity index (χ3n) is 4.47. The van der Waals surface area contributed by atoms with E-state index in [1.54, 1.807) is 16.7 Å². The van der Waals surface area contributed by atoms with Crippen molar-refractivity contribution in [3.63, 3.8) is 0 Å². The van der Waals surface area contributed by atoms with E-state index in [1.165, 1.54) is 0 Å². The summed E-state index contributed by atoms with van der Waals surface area (Å²) in [6.45, 7) is 7.05. The van der Waals surface area contributed by atoms with Crippen molar-refractivity contribution in [3.8, 4) is 0 Å². The Labute approximate surface area is 149 Å². The second-order valence-corrected chi connectivity index (χ2v) is 6.69. The molecule has 0 radical (unpaired) electrons. The molecule has 1 aliphatic rings. The van der Waals surface area contributed by atoms with E-state index in [0.717, 1.165) is 5.69 Å². The fourth-order valence-electron chi connectivity index (χ4n) is 3.13. The van der Waals surface area contributed by atoms with Crippen molar-refractivity contribution in [1.82, 2.24) is 10.2 Å². The smallest absolute Gasteiger partial charge is 0.227 e. The largest absolute Gasteiger partial charge is 0.356 e. The molecule has 1 atom stereocenters. The highest BCUT2D eigenvalue weighted by atomic mass is 16.2. The Balaban J connectivity index is 1.78. The summed E-state index contributed by atoms with van der Waals surface area (Å²) < 4.78 is 0. The lowest BCUT2D eigenvalue weighted by Gasteiger charge is -2.25. The quantitative estimate of drug-likeness (QED) is 0.766. The molecule has 3 amide bonds. The molecule has 0 unspecified atom stereocenters. The number of benzene rings is 1. The maximum absolute atomic E-state index is 12.3. The molecule has 1 aromatic carbocycles. The lowest BCUT2D eigenvalue weighted by Crippen LogP contribution is -2.38. The molecule has 25 heavy (non-hydrogen) atoms. The van der Waals surface area contributed by atoms with Gasteiger partial charge in [0.05, 0.1) is 5.92 Å². The van der Waals surface area contributed by atoms with Crippen LogP contribution in [0.15, 0.2) is 30.3 Å². The van der Waals surface area contributed by atoms with Crippen molar-refractivity contribution < 1.29 is 14.4 Å². The highest BCUT2D eigenvalue weighted by Crippen LogP contribution is 2.24. The van der Waals surface area contributed by atoms with Crippen LogP contribution >= 0.6 is 0 Å². The molecule has 1 heterocycles. The zero-order chi connectivity index (χ0) is 18.4. The summed E-state index contributed by atoms with van der Waals surface area (Å²) in [4.78, 5) is 39.4. The first-order valence-electron chi connectivity index (χ1n) is 8.80. The second kappa shape index (κ2) is 8.65. The Kier molecular flexibility index (Phi) is 6.56. The van der Waals surface area contributed by atoms with Crippen LogP contribution in [-0.2, 0) is 14.4 Å². The number of anilines is 1. The average Bonchev–Trinajstić information content (AvgIpc) is 2.96. The van der Waals surface area contributed by atoms with Crippen molar-refractivity contribution in [1.29, 1.82) is 0 Å². The summed E-state index contributed by atoms with van der Waals surface area (Å²) in [5.74, 6) is -0.387. The van der Waals surface area contributed by atoms with Gasteiger partial charge in [-0.3, -0.25) is 14.4 Å². The summed E-state index contributed by atoms with van der Waals surface area (Å²) in [5.41, 5.74) is 0.830. The summed E-state index contributed by atoms with van der Waals surface area (Å²) in [6, 6.07) is 9.56. The third-order valence-corrected chi connectivity index (χ3v) is 4.47. The summed E-state index contributed by atoms with van der Waals surface area (Å²) in [6.07, 6.45) is 0.943. The monoisotopic (exact) mass is 345 g/mol. The topological polar surface area (TPSA) is 69.7 Å². The van der Waals surface area contributed by atoms with E-state index in [2.05, 4.69) is 5.32 Å². The van der Waals surface area contributed by atoms with Gasteiger partial charge in [-0.1, -0.05) is 18.2 Å². The van der Waals surface area contributed by atoms with Crippen LogP contribution in [0.4, 0.5) is 5.69 Å². The lowest BCUT2D eigenvalue weighted by molar-refractivity contribution is -0.130. The molecule has 0 bridgehead atoms. The zero-order valence-corrected chi connectivity index (χ0v) is 15.2. The molecule has 0 spiro atoms. The molecule has 0 aliphatic carbocycles. The van der Waals surface area contributed by atoms with E-state index < -0.39 is 0 Å². The molecule has 1 N–H and O–H groups in total. The van der Waals surface area contributed by atoms with Crippen LogP contribution in [0.2, 0.25) is 0 Å². The Bertz CT molecular complexity index is 616. The van der Waals surface area contributed by atoms with Crippen molar-refractivity contribution in [2.45, 2.75) is 39.7 Å². The van der Waals surface area contributed by atoms with E-state index in [1.807, 2.05) is 44.2 Å². The van der Waals surface area contributed by atoms with Gasteiger partial charge in [-0.2, -0.15) is 0 Å². The number of amides is 3. The second-order valence-electron chi connectivity index (χ2n) is 6.69. The molecule has 6 nitrogen and oxygen atoms in total. The molecular weight excluding hydrogens is 318 g/mol. The first kappa shape index (κ1) is 19.0. The standard InChI is InChI=1S/C19H27N3O3/c1-14(2)21(15(3)23)11-7-10-20-19(25)16-12-18(24)22(13-16)17-8-5-4-6-9-17/h4-6,8-9,14,16H,7,10-13H2,1-3H3,(H,20,25)/t16-/m0/s1. The van der Waals surface area contributed by atoms with Gasteiger partial charge in [0.15, 0.2) is 0 Å². The van der Waals surface area contributed by atoms with Gasteiger partial charge >= 0.3 is 0 Å². The number of rotatable bonds is 7. The van der Waals surface area contributed by atoms with Crippen LogP contribution in [-0.4, -0.2) is 48.3 Å². The van der Waals surface area contributed by atoms with Gasteiger partial charge < -0.3 is 15.1 Å². The molecule has 0 aromatic heterocycles. The Hall–Kier alpha value is -2.37. The first-order valence-corrected chi connectivity index (χ1v) is 8.80. The Morgan fingerprint density at radius 2 is 1.96 bits per heavy atom. The van der Waals surface area contributed by atoms with E-state index in [4.69, 9.17) is 0 Å². The minimum Gasteiger partial charge on any atom is -0.356 e. The molecule has 1 aromatic rings. The van der Waals surface area contributed by atoms with Crippen LogP contribution in [0.3, 0.4) is 0 Å². The van der Waals surface area contributed by atoms with Crippen molar-refractivity contribution in [2.75, 3.05) is 24.5 Å². The fourth-order valence-corrected chi connectivity index (χ4v) is 3.13. The minimum absolute atomic E-state index is 0.0195. The normalized spacial score (nSPS) is 17.0. The van der Waals surface area contributed by atoms with Crippen LogP contribution in [0.1, 0.15) is 33.6 Å². The van der Waals surface area contributed by atoms with Crippen LogP contribution in [0.5, 0.6) is 0 Å². The molecule has 6 heteroatoms. The number of hydrogen-bond donors (Lipinski definition) is 1. The third kappa shape index (κ3) is 5.05. The average molecular weight is 345 g/mol. The molecule has 1 saturated heterocycles. The Morgan fingerprint density at radius 1 is 1.28 bits per heavy atom. The van der Waals surface area contributed by atoms with Crippen LogP contribution in [0.25, 0.3) is 0 Å². The van der Waals surface area contributed by atoms with Crippen LogP contribution in [0, 0.1) is 5.92 Å². The molecule has 136 valence electrons. The SMILES string of the molecule is CC(=O)N(CCCNC(=O)[C@H]1CC(=O)N(c2ccccc2)C1)C(C)C. The molecule has 1 aliphatic heterocycles. The van der Waals surface area contributed by atoms with Gasteiger partial charge in [0, 0.05) is 44.7 Å². The van der Waals surface area contributed by atoms with E-state index in [9.17, 15) is 14.4 Å². The van der Waals surface area contributed by atoms with Gasteiger partial charge in [-0.25, -0.2) is 0 Å². The van der Waals surface area contributed by atoms with Crippen LogP contribution < -0.4 is 10.2 Å². The number of carbonyl (C=O) groups excluding carboxylic acids is 3. The number of para-hydroxylation sites is 1. The maximum Gasteiger partial charge on any atom is 0.227 e. The molecule has 2 rings (SSSR count). The fraction of sp³-hybridized carbons (Fsp3) is 0.526. The Morgan fingerprint density at radius 3 is 2.56 bits per heavy atom. The number of nitrogens with zero attached hydrogens (tertiary/aromatic N) is 2. The molecule has 0 saturated carbocycles. The van der Waals surface area contributed by atoms with Gasteiger partial charge in [0.2, 0.25) is 17.7 Å². The van der Waals surface area contributed by atoms with Crippen molar-refractivity contribution >= 4 is 23.4 Å². The minimum atomic E-state index is -0.318. The summed E-state index contributed by atoms with van der Waals surface area (Å²) in [7, 11) is 0. The first-order chi connectivity index (χ1) is 11.9. The van der Waals surface area contributed by atoms with Gasteiger partial charge in [-0.05, 0) is 32.4 Å². The van der Waals surface area contributed by atoms with E-state index >= 15 is 0 Å². The molecule has 1 fully saturated rings. The lowest BCUT2D eigenvalue weighted by atomic mass is 10.1. The number of nitrogens with one attached hydrogen (secondary N) is 1. The summed E-state index contributed by atoms with van der Waals surface area (Å²) >= 11 is 0. The summed E-state index contributed by atoms with van der Waals surface area (Å²) in [5, 5.41) is 2.89. The predicted molar refractivity (Wildman–Crippen MR) is 97.1 cm³/mol. The highest BCUT2D eigenvalue weighted by Gasteiger charge is 2.34. The van der Waals surface area contributed by atoms with Gasteiger partial charge in [0.1, 0.15) is 0 Å². The van der Waals surface area contributed by atoms with Gasteiger partial charge in [-0.15, -0.1) is 0 Å². The molecular formula is C19H27N3O3. The predicted octanol–water partition coefficient (Wildman–Crippen LogP) is 1.80. The zero-order valence-electron chi connectivity index (χ0n) is 15.2. The number of hydrogen-bond acceptors (Lipinski definition) is 3. The number of carbonyl (C=O) groups is 3. The van der Waals surface area contributed by atoms with Crippen molar-refractivity contribution in [2.24, 2.45) is 5.92 Å². The van der Waals surface area contributed by atoms with Crippen molar-refractivity contribution in [3.05, 3.63) is 30.3 Å². The van der Waals surface area contributed by atoms with Gasteiger partial charge in [0.25, 0.3) is 0 Å². The van der Waals surface area contributed by atoms with E-state index in [-0.39, 0.29) is 36.1 Å². The highest BCUT2D eigenvalue weighted by molar-refractivity contribution is 6.00.